The quantitative estimate of drug-likeness (QED) is 0.547. The molecule has 16 heavy (non-hydrogen) atoms. The molecule has 0 saturated heterocycles. The molecule has 0 amide bonds. The van der Waals surface area contributed by atoms with Gasteiger partial charge >= 0.3 is 0 Å². The molecule has 0 aromatic rings. The van der Waals surface area contributed by atoms with E-state index in [2.05, 4.69) is 26.1 Å². The molecule has 1 atom stereocenters. The molecule has 4 bridgehead atoms. The summed E-state index contributed by atoms with van der Waals surface area (Å²) in [5.74, 6) is 4.85. The Morgan fingerprint density at radius 1 is 1.19 bits per heavy atom. The molecule has 0 N–H and O–H groups in total. The first kappa shape index (κ1) is 11.2. The van der Waals surface area contributed by atoms with E-state index in [0.29, 0.717) is 11.3 Å². The summed E-state index contributed by atoms with van der Waals surface area (Å²) in [5.41, 5.74) is 2.00. The minimum Gasteiger partial charge on any atom is -0.179 e. The molecule has 4 aliphatic rings. The molecule has 0 aromatic heterocycles. The Hall–Kier alpha value is 0.0900. The van der Waals surface area contributed by atoms with Crippen LogP contribution in [0.5, 0.6) is 0 Å². The summed E-state index contributed by atoms with van der Waals surface area (Å²) >= 11 is 4.61. The molecular formula is C15H24S. The first-order chi connectivity index (χ1) is 7.63. The molecule has 4 aliphatic carbocycles. The van der Waals surface area contributed by atoms with Crippen molar-refractivity contribution >= 4 is 12.6 Å². The molecule has 90 valence electrons. The lowest BCUT2D eigenvalue weighted by Gasteiger charge is -2.59. The van der Waals surface area contributed by atoms with Crippen molar-refractivity contribution < 1.29 is 0 Å². The minimum absolute atomic E-state index is 0.613. The zero-order valence-electron chi connectivity index (χ0n) is 10.4. The van der Waals surface area contributed by atoms with E-state index in [9.17, 15) is 0 Å². The molecule has 0 heterocycles. The fraction of sp³-hybridized carbons (Fsp3) is 0.867. The van der Waals surface area contributed by atoms with Crippen LogP contribution in [0.3, 0.4) is 0 Å². The fourth-order valence-electron chi connectivity index (χ4n) is 5.48. The van der Waals surface area contributed by atoms with Gasteiger partial charge in [-0.05, 0) is 80.3 Å². The first-order valence-corrected chi connectivity index (χ1v) is 7.52. The van der Waals surface area contributed by atoms with Gasteiger partial charge in [-0.25, -0.2) is 0 Å². The normalized spacial score (nSPS) is 47.0. The summed E-state index contributed by atoms with van der Waals surface area (Å²) in [6, 6.07) is 0. The second kappa shape index (κ2) is 3.80. The molecule has 0 aliphatic heterocycles. The Bertz CT molecular complexity index is 269. The van der Waals surface area contributed by atoms with Crippen molar-refractivity contribution in [1.82, 2.24) is 0 Å². The molecule has 4 saturated carbocycles. The highest BCUT2D eigenvalue weighted by atomic mass is 32.1. The molecule has 0 spiro atoms. The van der Waals surface area contributed by atoms with Crippen molar-refractivity contribution in [2.24, 2.45) is 29.1 Å². The van der Waals surface area contributed by atoms with E-state index in [1.165, 1.54) is 44.1 Å². The van der Waals surface area contributed by atoms with Crippen LogP contribution in [0.2, 0.25) is 0 Å². The zero-order valence-corrected chi connectivity index (χ0v) is 11.3. The second-order valence-corrected chi connectivity index (χ2v) is 7.23. The summed E-state index contributed by atoms with van der Waals surface area (Å²) in [7, 11) is 0. The van der Waals surface area contributed by atoms with Crippen molar-refractivity contribution in [3.05, 3.63) is 12.2 Å². The predicted molar refractivity (Wildman–Crippen MR) is 72.8 cm³/mol. The van der Waals surface area contributed by atoms with Crippen LogP contribution < -0.4 is 0 Å². The van der Waals surface area contributed by atoms with Crippen LogP contribution in [0.25, 0.3) is 0 Å². The summed E-state index contributed by atoms with van der Waals surface area (Å²) in [6.07, 6.45) is 9.06. The van der Waals surface area contributed by atoms with Gasteiger partial charge in [-0.2, -0.15) is 12.6 Å². The van der Waals surface area contributed by atoms with E-state index < -0.39 is 0 Å². The average Bonchev–Trinajstić information content (AvgIpc) is 2.14. The highest BCUT2D eigenvalue weighted by Gasteiger charge is 2.53. The average molecular weight is 236 g/mol. The van der Waals surface area contributed by atoms with Gasteiger partial charge in [0.2, 0.25) is 0 Å². The largest absolute Gasteiger partial charge is 0.179 e. The monoisotopic (exact) mass is 236 g/mol. The highest BCUT2D eigenvalue weighted by molar-refractivity contribution is 7.80. The molecule has 0 aromatic carbocycles. The summed E-state index contributed by atoms with van der Waals surface area (Å²) < 4.78 is 0. The Labute approximate surface area is 105 Å². The summed E-state index contributed by atoms with van der Waals surface area (Å²) in [5, 5.41) is 0. The molecule has 0 nitrogen and oxygen atoms in total. The third kappa shape index (κ3) is 1.58. The van der Waals surface area contributed by atoms with Crippen molar-refractivity contribution in [1.29, 1.82) is 0 Å². The zero-order chi connectivity index (χ0) is 11.3. The standard InChI is InChI=1S/C15H24S/c1-10(2)14(9-16)15-6-11-3-12(7-15)5-13(4-11)8-15/h11-14,16H,1,3-9H2,2H3. The Balaban J connectivity index is 1.90. The Morgan fingerprint density at radius 2 is 1.62 bits per heavy atom. The number of hydrogen-bond acceptors (Lipinski definition) is 1. The van der Waals surface area contributed by atoms with E-state index in [1.807, 2.05) is 0 Å². The van der Waals surface area contributed by atoms with Gasteiger partial charge < -0.3 is 0 Å². The van der Waals surface area contributed by atoms with Gasteiger partial charge in [0.15, 0.2) is 0 Å². The molecule has 4 fully saturated rings. The predicted octanol–water partition coefficient (Wildman–Crippen LogP) is 4.32. The highest BCUT2D eigenvalue weighted by Crippen LogP contribution is 2.63. The van der Waals surface area contributed by atoms with Crippen LogP contribution in [0, 0.1) is 29.1 Å². The van der Waals surface area contributed by atoms with E-state index in [1.54, 1.807) is 0 Å². The van der Waals surface area contributed by atoms with Crippen LogP contribution in [-0.4, -0.2) is 5.75 Å². The number of thiol groups is 1. The number of rotatable bonds is 3. The SMILES string of the molecule is C=C(C)C(CS)C12CC3CC(CC(C3)C1)C2. The van der Waals surface area contributed by atoms with E-state index in [-0.39, 0.29) is 0 Å². The Morgan fingerprint density at radius 3 is 1.94 bits per heavy atom. The lowest BCUT2D eigenvalue weighted by molar-refractivity contribution is -0.0737. The molecule has 0 radical (unpaired) electrons. The fourth-order valence-corrected chi connectivity index (χ4v) is 6.18. The van der Waals surface area contributed by atoms with Gasteiger partial charge in [0, 0.05) is 0 Å². The second-order valence-electron chi connectivity index (χ2n) is 6.86. The topological polar surface area (TPSA) is 0 Å². The van der Waals surface area contributed by atoms with E-state index in [0.717, 1.165) is 23.5 Å². The van der Waals surface area contributed by atoms with E-state index in [4.69, 9.17) is 0 Å². The minimum atomic E-state index is 0.613. The van der Waals surface area contributed by atoms with Gasteiger partial charge in [0.1, 0.15) is 0 Å². The van der Waals surface area contributed by atoms with E-state index >= 15 is 0 Å². The van der Waals surface area contributed by atoms with Gasteiger partial charge in [0.05, 0.1) is 0 Å². The third-order valence-electron chi connectivity index (χ3n) is 5.60. The van der Waals surface area contributed by atoms with Gasteiger partial charge in [-0.15, -0.1) is 0 Å². The lowest BCUT2D eigenvalue weighted by Crippen LogP contribution is -2.50. The first-order valence-electron chi connectivity index (χ1n) is 6.89. The molecule has 1 unspecified atom stereocenters. The van der Waals surface area contributed by atoms with Crippen LogP contribution >= 0.6 is 12.6 Å². The molecular weight excluding hydrogens is 212 g/mol. The van der Waals surface area contributed by atoms with Crippen LogP contribution in [0.15, 0.2) is 12.2 Å². The van der Waals surface area contributed by atoms with Crippen molar-refractivity contribution in [3.8, 4) is 0 Å². The van der Waals surface area contributed by atoms with Crippen LogP contribution in [0.1, 0.15) is 45.4 Å². The molecule has 1 heteroatoms. The third-order valence-corrected chi connectivity index (χ3v) is 5.97. The maximum Gasteiger partial charge on any atom is -0.00270 e. The van der Waals surface area contributed by atoms with Crippen molar-refractivity contribution in [2.45, 2.75) is 45.4 Å². The van der Waals surface area contributed by atoms with Crippen molar-refractivity contribution in [2.75, 3.05) is 5.75 Å². The maximum atomic E-state index is 4.61. The summed E-state index contributed by atoms with van der Waals surface area (Å²) in [4.78, 5) is 0. The lowest BCUT2D eigenvalue weighted by atomic mass is 9.46. The summed E-state index contributed by atoms with van der Waals surface area (Å²) in [6.45, 7) is 6.46. The maximum absolute atomic E-state index is 4.61. The molecule has 4 rings (SSSR count). The smallest absolute Gasteiger partial charge is 0.00270 e. The van der Waals surface area contributed by atoms with Crippen LogP contribution in [-0.2, 0) is 0 Å². The van der Waals surface area contributed by atoms with Crippen molar-refractivity contribution in [3.63, 3.8) is 0 Å². The van der Waals surface area contributed by atoms with Crippen LogP contribution in [0.4, 0.5) is 0 Å². The van der Waals surface area contributed by atoms with Gasteiger partial charge in [-0.3, -0.25) is 0 Å². The number of hydrogen-bond donors (Lipinski definition) is 1. The van der Waals surface area contributed by atoms with Gasteiger partial charge in [0.25, 0.3) is 0 Å². The van der Waals surface area contributed by atoms with Gasteiger partial charge in [-0.1, -0.05) is 12.2 Å². The Kier molecular flexibility index (Phi) is 2.66. The number of allylic oxidation sites excluding steroid dienone is 1.